The van der Waals surface area contributed by atoms with Gasteiger partial charge in [0, 0.05) is 25.1 Å². The fraction of sp³-hybridized carbons (Fsp3) is 0.267. The molecule has 1 aromatic carbocycles. The number of nitrogens with zero attached hydrogens (tertiary/aromatic N) is 3. The first-order chi connectivity index (χ1) is 11.0. The van der Waals surface area contributed by atoms with Gasteiger partial charge in [-0.1, -0.05) is 11.8 Å². The van der Waals surface area contributed by atoms with Crippen molar-refractivity contribution < 1.29 is 18.7 Å². The molecule has 0 bridgehead atoms. The molecule has 1 aliphatic rings. The van der Waals surface area contributed by atoms with Crippen molar-refractivity contribution >= 4 is 28.7 Å². The molecule has 120 valence electrons. The molecule has 23 heavy (non-hydrogen) atoms. The fourth-order valence-corrected chi connectivity index (χ4v) is 2.88. The van der Waals surface area contributed by atoms with Gasteiger partial charge in [-0.2, -0.15) is 5.10 Å². The lowest BCUT2D eigenvalue weighted by Gasteiger charge is -2.14. The fourth-order valence-electron chi connectivity index (χ4n) is 2.29. The highest BCUT2D eigenvalue weighted by atomic mass is 32.2. The second-order valence-electron chi connectivity index (χ2n) is 5.01. The number of benzene rings is 1. The summed E-state index contributed by atoms with van der Waals surface area (Å²) in [5, 5.41) is 3.95. The second-order valence-corrected chi connectivity index (χ2v) is 6.20. The first-order valence-electron chi connectivity index (χ1n) is 6.95. The third kappa shape index (κ3) is 3.37. The van der Waals surface area contributed by atoms with Crippen molar-refractivity contribution in [2.24, 2.45) is 0 Å². The van der Waals surface area contributed by atoms with Crippen LogP contribution in [0.2, 0.25) is 0 Å². The molecule has 0 radical (unpaired) electrons. The predicted octanol–water partition coefficient (Wildman–Crippen LogP) is 2.62. The Morgan fingerprint density at radius 1 is 1.52 bits per heavy atom. The number of halogens is 1. The minimum atomic E-state index is -0.537. The molecule has 0 spiro atoms. The number of carbonyl (C=O) groups is 2. The van der Waals surface area contributed by atoms with Crippen molar-refractivity contribution in [3.05, 3.63) is 42.5 Å². The molecule has 0 aliphatic carbocycles. The zero-order valence-corrected chi connectivity index (χ0v) is 13.1. The zero-order valence-electron chi connectivity index (χ0n) is 12.3. The molecular weight excluding hydrogens is 321 g/mol. The predicted molar refractivity (Wildman–Crippen MR) is 84.3 cm³/mol. The van der Waals surface area contributed by atoms with E-state index in [0.717, 1.165) is 11.8 Å². The van der Waals surface area contributed by atoms with Gasteiger partial charge in [0.05, 0.1) is 12.2 Å². The lowest BCUT2D eigenvalue weighted by Crippen LogP contribution is -2.25. The van der Waals surface area contributed by atoms with Crippen LogP contribution >= 0.6 is 11.8 Å². The van der Waals surface area contributed by atoms with Gasteiger partial charge in [0.15, 0.2) is 10.9 Å². The van der Waals surface area contributed by atoms with E-state index in [2.05, 4.69) is 5.10 Å². The van der Waals surface area contributed by atoms with Gasteiger partial charge >= 0.3 is 6.09 Å². The maximum Gasteiger partial charge on any atom is 0.414 e. The monoisotopic (exact) mass is 335 g/mol. The van der Waals surface area contributed by atoms with Crippen molar-refractivity contribution in [1.82, 2.24) is 9.78 Å². The Balaban J connectivity index is 1.76. The SMILES string of the molecule is CC(=O)SC[C@H]1CN(c2ccc(-n3cccn3)c(F)c2)C(=O)O1. The Hall–Kier alpha value is -2.35. The average Bonchev–Trinajstić information content (AvgIpc) is 3.14. The number of hydrogen-bond donors (Lipinski definition) is 0. The van der Waals surface area contributed by atoms with E-state index in [9.17, 15) is 14.0 Å². The highest BCUT2D eigenvalue weighted by Gasteiger charge is 2.32. The van der Waals surface area contributed by atoms with E-state index in [1.54, 1.807) is 30.6 Å². The zero-order chi connectivity index (χ0) is 16.4. The second kappa shape index (κ2) is 6.41. The summed E-state index contributed by atoms with van der Waals surface area (Å²) in [4.78, 5) is 24.3. The van der Waals surface area contributed by atoms with Crippen molar-refractivity contribution in [3.8, 4) is 5.69 Å². The van der Waals surface area contributed by atoms with Gasteiger partial charge in [-0.3, -0.25) is 9.69 Å². The summed E-state index contributed by atoms with van der Waals surface area (Å²) in [5.74, 6) is -0.0913. The summed E-state index contributed by atoms with van der Waals surface area (Å²) >= 11 is 1.10. The molecule has 0 N–H and O–H groups in total. The molecule has 2 aromatic rings. The van der Waals surface area contributed by atoms with Gasteiger partial charge in [-0.25, -0.2) is 13.9 Å². The van der Waals surface area contributed by atoms with E-state index in [1.165, 1.54) is 22.6 Å². The van der Waals surface area contributed by atoms with Gasteiger partial charge in [-0.05, 0) is 24.3 Å². The summed E-state index contributed by atoms with van der Waals surface area (Å²) in [6.45, 7) is 1.75. The van der Waals surface area contributed by atoms with E-state index in [-0.39, 0.29) is 11.2 Å². The Bertz CT molecular complexity index is 736. The molecular formula is C15H14FN3O3S. The number of aromatic nitrogens is 2. The summed E-state index contributed by atoms with van der Waals surface area (Å²) < 4.78 is 20.9. The van der Waals surface area contributed by atoms with E-state index in [4.69, 9.17) is 4.74 Å². The van der Waals surface area contributed by atoms with Gasteiger partial charge < -0.3 is 4.74 Å². The number of hydrogen-bond acceptors (Lipinski definition) is 5. The maximum absolute atomic E-state index is 14.3. The number of rotatable bonds is 4. The van der Waals surface area contributed by atoms with Gasteiger partial charge in [0.2, 0.25) is 0 Å². The number of carbonyl (C=O) groups excluding carboxylic acids is 2. The molecule has 3 rings (SSSR count). The van der Waals surface area contributed by atoms with E-state index in [1.807, 2.05) is 0 Å². The van der Waals surface area contributed by atoms with Gasteiger partial charge in [0.1, 0.15) is 11.8 Å². The average molecular weight is 335 g/mol. The molecule has 1 aromatic heterocycles. The molecule has 1 aliphatic heterocycles. The molecule has 0 saturated carbocycles. The number of ether oxygens (including phenoxy) is 1. The maximum atomic E-state index is 14.3. The van der Waals surface area contributed by atoms with Crippen molar-refractivity contribution in [1.29, 1.82) is 0 Å². The van der Waals surface area contributed by atoms with Crippen LogP contribution in [0.15, 0.2) is 36.7 Å². The number of amides is 1. The highest BCUT2D eigenvalue weighted by molar-refractivity contribution is 8.13. The highest BCUT2D eigenvalue weighted by Crippen LogP contribution is 2.26. The number of anilines is 1. The van der Waals surface area contributed by atoms with Crippen LogP contribution in [0.5, 0.6) is 0 Å². The molecule has 0 unspecified atom stereocenters. The lowest BCUT2D eigenvalue weighted by atomic mass is 10.2. The first kappa shape index (κ1) is 15.5. The molecule has 2 heterocycles. The van der Waals surface area contributed by atoms with Crippen LogP contribution in [0, 0.1) is 5.82 Å². The summed E-state index contributed by atoms with van der Waals surface area (Å²) in [7, 11) is 0. The topological polar surface area (TPSA) is 64.4 Å². The van der Waals surface area contributed by atoms with E-state index >= 15 is 0 Å². The standard InChI is InChI=1S/C15H14FN3O3S/c1-10(20)23-9-12-8-18(15(21)22-12)11-3-4-14(13(16)7-11)19-6-2-5-17-19/h2-7,12H,8-9H2,1H3/t12-/m1/s1. The third-order valence-electron chi connectivity index (χ3n) is 3.34. The first-order valence-corrected chi connectivity index (χ1v) is 7.94. The van der Waals surface area contributed by atoms with Crippen molar-refractivity contribution in [2.75, 3.05) is 17.2 Å². The molecule has 1 saturated heterocycles. The summed E-state index contributed by atoms with van der Waals surface area (Å²) in [6, 6.07) is 6.17. The van der Waals surface area contributed by atoms with Gasteiger partial charge in [-0.15, -0.1) is 0 Å². The quantitative estimate of drug-likeness (QED) is 0.859. The molecule has 1 fully saturated rings. The summed E-state index contributed by atoms with van der Waals surface area (Å²) in [6.07, 6.45) is 2.27. The number of cyclic esters (lactones) is 1. The Kier molecular flexibility index (Phi) is 4.33. The van der Waals surface area contributed by atoms with E-state index in [0.29, 0.717) is 23.7 Å². The van der Waals surface area contributed by atoms with Crippen LogP contribution in [0.4, 0.5) is 14.9 Å². The van der Waals surface area contributed by atoms with Crippen LogP contribution in [-0.2, 0) is 9.53 Å². The van der Waals surface area contributed by atoms with Crippen LogP contribution in [0.1, 0.15) is 6.92 Å². The third-order valence-corrected chi connectivity index (χ3v) is 4.29. The largest absolute Gasteiger partial charge is 0.443 e. The Labute approximate surface area is 136 Å². The number of thioether (sulfide) groups is 1. The smallest absolute Gasteiger partial charge is 0.414 e. The Morgan fingerprint density at radius 3 is 3.00 bits per heavy atom. The van der Waals surface area contributed by atoms with Crippen molar-refractivity contribution in [3.63, 3.8) is 0 Å². The van der Waals surface area contributed by atoms with Crippen LogP contribution < -0.4 is 4.90 Å². The molecule has 1 atom stereocenters. The minimum absolute atomic E-state index is 0.0332. The van der Waals surface area contributed by atoms with Crippen LogP contribution in [0.25, 0.3) is 5.69 Å². The van der Waals surface area contributed by atoms with Gasteiger partial charge in [0.25, 0.3) is 0 Å². The minimum Gasteiger partial charge on any atom is -0.443 e. The van der Waals surface area contributed by atoms with Crippen LogP contribution in [-0.4, -0.2) is 39.4 Å². The summed E-state index contributed by atoms with van der Waals surface area (Å²) in [5.41, 5.74) is 0.716. The van der Waals surface area contributed by atoms with E-state index < -0.39 is 11.9 Å². The van der Waals surface area contributed by atoms with Crippen molar-refractivity contribution in [2.45, 2.75) is 13.0 Å². The Morgan fingerprint density at radius 2 is 2.35 bits per heavy atom. The normalized spacial score (nSPS) is 17.4. The molecule has 1 amide bonds. The van der Waals surface area contributed by atoms with Crippen LogP contribution in [0.3, 0.4) is 0 Å². The molecule has 6 nitrogen and oxygen atoms in total. The lowest BCUT2D eigenvalue weighted by molar-refractivity contribution is -0.109. The molecule has 8 heteroatoms.